The van der Waals surface area contributed by atoms with Crippen LogP contribution < -0.4 is 15.5 Å². The van der Waals surface area contributed by atoms with Gasteiger partial charge in [-0.25, -0.2) is 4.79 Å². The number of ketones is 1. The van der Waals surface area contributed by atoms with Gasteiger partial charge in [0.2, 0.25) is 0 Å². The molecule has 1 atom stereocenters. The minimum Gasteiger partial charge on any atom is -0.357 e. The Balaban J connectivity index is 1.94. The highest BCUT2D eigenvalue weighted by atomic mass is 35.5. The molecule has 0 aromatic heterocycles. The number of halogens is 1. The van der Waals surface area contributed by atoms with Gasteiger partial charge in [-0.3, -0.25) is 9.69 Å². The van der Waals surface area contributed by atoms with Crippen molar-refractivity contribution in [3.05, 3.63) is 70.4 Å². The van der Waals surface area contributed by atoms with Crippen LogP contribution in [-0.4, -0.2) is 18.4 Å². The van der Waals surface area contributed by atoms with E-state index in [4.69, 9.17) is 11.6 Å². The molecule has 2 aromatic carbocycles. The first-order valence-electron chi connectivity index (χ1n) is 10.0. The number of amides is 2. The number of Topliss-reactive ketones (excluding diaryl/α,β-unsaturated/α-hetero) is 1. The summed E-state index contributed by atoms with van der Waals surface area (Å²) in [5.41, 5.74) is 4.02. The topological polar surface area (TPSA) is 61.4 Å². The number of nitrogens with zero attached hydrogens (tertiary/aromatic N) is 1. The van der Waals surface area contributed by atoms with Crippen molar-refractivity contribution in [2.45, 2.75) is 38.6 Å². The highest BCUT2D eigenvalue weighted by molar-refractivity contribution is 6.30. The van der Waals surface area contributed by atoms with Crippen molar-refractivity contribution in [1.82, 2.24) is 5.32 Å². The third kappa shape index (κ3) is 3.75. The van der Waals surface area contributed by atoms with Gasteiger partial charge in [0.25, 0.3) is 0 Å². The van der Waals surface area contributed by atoms with E-state index in [1.54, 1.807) is 17.0 Å². The third-order valence-corrected chi connectivity index (χ3v) is 5.62. The molecule has 2 aromatic rings. The Morgan fingerprint density at radius 2 is 1.93 bits per heavy atom. The maximum absolute atomic E-state index is 13.3. The average molecular weight is 410 g/mol. The minimum absolute atomic E-state index is 0.0831. The maximum Gasteiger partial charge on any atom is 0.322 e. The first-order chi connectivity index (χ1) is 14.1. The predicted octanol–water partition coefficient (Wildman–Crippen LogP) is 5.44. The number of fused-ring (bicyclic) bond motifs is 1. The molecule has 0 fully saturated rings. The van der Waals surface area contributed by atoms with E-state index in [2.05, 4.69) is 10.6 Å². The van der Waals surface area contributed by atoms with Crippen LogP contribution in [0.25, 0.3) is 0 Å². The number of anilines is 2. The molecular weight excluding hydrogens is 386 g/mol. The first kappa shape index (κ1) is 19.5. The summed E-state index contributed by atoms with van der Waals surface area (Å²) >= 11 is 6.11. The largest absolute Gasteiger partial charge is 0.357 e. The summed E-state index contributed by atoms with van der Waals surface area (Å²) in [5, 5.41) is 7.06. The van der Waals surface area contributed by atoms with Crippen LogP contribution in [0.1, 0.15) is 44.2 Å². The summed E-state index contributed by atoms with van der Waals surface area (Å²) in [6, 6.07) is 14.4. The van der Waals surface area contributed by atoms with Crippen LogP contribution >= 0.6 is 11.6 Å². The Labute approximate surface area is 175 Å². The number of allylic oxidation sites excluding steroid dienone is 1. The smallest absolute Gasteiger partial charge is 0.322 e. The van der Waals surface area contributed by atoms with Crippen LogP contribution in [0.2, 0.25) is 5.02 Å². The highest BCUT2D eigenvalue weighted by Crippen LogP contribution is 2.44. The Morgan fingerprint density at radius 1 is 1.17 bits per heavy atom. The van der Waals surface area contributed by atoms with Crippen molar-refractivity contribution < 1.29 is 9.59 Å². The molecule has 0 saturated carbocycles. The molecule has 0 saturated heterocycles. The zero-order valence-corrected chi connectivity index (χ0v) is 17.1. The van der Waals surface area contributed by atoms with E-state index in [0.29, 0.717) is 23.6 Å². The number of hydrogen-bond acceptors (Lipinski definition) is 3. The van der Waals surface area contributed by atoms with Gasteiger partial charge in [0.05, 0.1) is 17.4 Å². The maximum atomic E-state index is 13.3. The van der Waals surface area contributed by atoms with Crippen molar-refractivity contribution >= 4 is 34.8 Å². The van der Waals surface area contributed by atoms with Gasteiger partial charge in [0.15, 0.2) is 5.78 Å². The predicted molar refractivity (Wildman–Crippen MR) is 116 cm³/mol. The van der Waals surface area contributed by atoms with Crippen LogP contribution in [0.3, 0.4) is 0 Å². The van der Waals surface area contributed by atoms with Crippen LogP contribution in [-0.2, 0) is 4.79 Å². The molecule has 1 heterocycles. The molecule has 29 heavy (non-hydrogen) atoms. The zero-order chi connectivity index (χ0) is 20.4. The van der Waals surface area contributed by atoms with Crippen LogP contribution in [0.15, 0.2) is 59.8 Å². The first-order valence-corrected chi connectivity index (χ1v) is 10.4. The number of para-hydroxylation sites is 2. The van der Waals surface area contributed by atoms with E-state index in [1.165, 1.54) is 0 Å². The van der Waals surface area contributed by atoms with Gasteiger partial charge in [-0.15, -0.1) is 0 Å². The Hall–Kier alpha value is -2.79. The molecular formula is C23H24ClN3O2. The highest BCUT2D eigenvalue weighted by Gasteiger charge is 2.39. The van der Waals surface area contributed by atoms with Gasteiger partial charge in [-0.05, 0) is 49.1 Å². The van der Waals surface area contributed by atoms with Crippen molar-refractivity contribution in [3.8, 4) is 0 Å². The van der Waals surface area contributed by atoms with Crippen molar-refractivity contribution in [3.63, 3.8) is 0 Å². The lowest BCUT2D eigenvalue weighted by Crippen LogP contribution is -2.44. The minimum atomic E-state index is -0.511. The molecule has 2 amide bonds. The molecule has 0 radical (unpaired) electrons. The number of rotatable bonds is 3. The fraction of sp³-hybridized carbons (Fsp3) is 0.304. The molecule has 1 aliphatic heterocycles. The summed E-state index contributed by atoms with van der Waals surface area (Å²) in [7, 11) is 0. The van der Waals surface area contributed by atoms with Gasteiger partial charge < -0.3 is 10.6 Å². The second-order valence-corrected chi connectivity index (χ2v) is 7.80. The Kier molecular flexibility index (Phi) is 5.58. The molecule has 0 bridgehead atoms. The third-order valence-electron chi connectivity index (χ3n) is 5.37. The number of nitrogens with one attached hydrogen (secondary N) is 2. The molecule has 1 unspecified atom stereocenters. The van der Waals surface area contributed by atoms with Crippen LogP contribution in [0, 0.1) is 0 Å². The van der Waals surface area contributed by atoms with Gasteiger partial charge in [0, 0.05) is 29.3 Å². The van der Waals surface area contributed by atoms with Gasteiger partial charge in [-0.2, -0.15) is 0 Å². The van der Waals surface area contributed by atoms with Crippen LogP contribution in [0.5, 0.6) is 0 Å². The number of carbonyl (C=O) groups is 2. The quantitative estimate of drug-likeness (QED) is 0.709. The molecule has 2 aliphatic rings. The molecule has 150 valence electrons. The van der Waals surface area contributed by atoms with Gasteiger partial charge in [-0.1, -0.05) is 42.8 Å². The van der Waals surface area contributed by atoms with E-state index in [9.17, 15) is 9.59 Å². The number of carbonyl (C=O) groups excluding carboxylic acids is 2. The zero-order valence-electron chi connectivity index (χ0n) is 16.4. The molecule has 4 rings (SSSR count). The van der Waals surface area contributed by atoms with E-state index in [0.717, 1.165) is 41.9 Å². The lowest BCUT2D eigenvalue weighted by Gasteiger charge is -2.33. The summed E-state index contributed by atoms with van der Waals surface area (Å²) in [4.78, 5) is 28.1. The van der Waals surface area contributed by atoms with Gasteiger partial charge in [0.1, 0.15) is 0 Å². The standard InChI is InChI=1S/C23H24ClN3O2/c1-2-14-25-23(29)27-19-8-4-3-6-17(19)26-18-7-5-9-20(28)21(18)22(27)15-10-12-16(24)13-11-15/h3-4,6,8,10-13,22,26H,2,5,7,9,14H2,1H3,(H,25,29). The van der Waals surface area contributed by atoms with Gasteiger partial charge >= 0.3 is 6.03 Å². The number of benzene rings is 2. The summed E-state index contributed by atoms with van der Waals surface area (Å²) in [5.74, 6) is 0.0831. The van der Waals surface area contributed by atoms with E-state index in [-0.39, 0.29) is 11.8 Å². The summed E-state index contributed by atoms with van der Waals surface area (Å²) in [6.45, 7) is 2.58. The van der Waals surface area contributed by atoms with Crippen LogP contribution in [0.4, 0.5) is 16.2 Å². The van der Waals surface area contributed by atoms with E-state index in [1.807, 2.05) is 43.3 Å². The lowest BCUT2D eigenvalue weighted by molar-refractivity contribution is -0.116. The number of hydrogen-bond donors (Lipinski definition) is 2. The molecule has 0 spiro atoms. The lowest BCUT2D eigenvalue weighted by atomic mass is 9.86. The molecule has 6 heteroatoms. The monoisotopic (exact) mass is 409 g/mol. The summed E-state index contributed by atoms with van der Waals surface area (Å²) < 4.78 is 0. The average Bonchev–Trinajstić information content (AvgIpc) is 2.87. The summed E-state index contributed by atoms with van der Waals surface area (Å²) in [6.07, 6.45) is 2.91. The fourth-order valence-corrected chi connectivity index (χ4v) is 4.16. The Morgan fingerprint density at radius 3 is 2.69 bits per heavy atom. The molecule has 1 aliphatic carbocycles. The second-order valence-electron chi connectivity index (χ2n) is 7.37. The Bertz CT molecular complexity index is 968. The fourth-order valence-electron chi connectivity index (χ4n) is 4.04. The number of urea groups is 1. The van der Waals surface area contributed by atoms with Crippen molar-refractivity contribution in [2.75, 3.05) is 16.8 Å². The second kappa shape index (κ2) is 8.29. The van der Waals surface area contributed by atoms with E-state index >= 15 is 0 Å². The normalized spacial score (nSPS) is 18.5. The van der Waals surface area contributed by atoms with E-state index < -0.39 is 6.04 Å². The molecule has 2 N–H and O–H groups in total. The van der Waals surface area contributed by atoms with Crippen molar-refractivity contribution in [2.24, 2.45) is 0 Å². The SMILES string of the molecule is CCCNC(=O)N1c2ccccc2NC2=C(C(=O)CCC2)C1c1ccc(Cl)cc1. The van der Waals surface area contributed by atoms with Crippen molar-refractivity contribution in [1.29, 1.82) is 0 Å². The molecule has 5 nitrogen and oxygen atoms in total.